The highest BCUT2D eigenvalue weighted by atomic mass is 35.5. The average Bonchev–Trinajstić information content (AvgIpc) is 2.36. The Morgan fingerprint density at radius 2 is 2.24 bits per heavy atom. The van der Waals surface area contributed by atoms with Crippen LogP contribution in [0.15, 0.2) is 23.1 Å². The van der Waals surface area contributed by atoms with Crippen LogP contribution in [-0.4, -0.2) is 36.7 Å². The monoisotopic (exact) mass is 269 g/mol. The lowest BCUT2D eigenvalue weighted by atomic mass is 10.0. The third-order valence-corrected chi connectivity index (χ3v) is 4.59. The van der Waals surface area contributed by atoms with E-state index in [9.17, 15) is 0 Å². The number of benzene rings is 1. The van der Waals surface area contributed by atoms with Crippen LogP contribution in [0.3, 0.4) is 0 Å². The molecule has 2 rings (SSSR count). The molecule has 94 valence electrons. The average molecular weight is 270 g/mol. The molecule has 0 aliphatic carbocycles. The van der Waals surface area contributed by atoms with Crippen LogP contribution in [0.2, 0.25) is 0 Å². The van der Waals surface area contributed by atoms with Crippen molar-refractivity contribution < 1.29 is 0 Å². The molecular weight excluding hydrogens is 250 g/mol. The van der Waals surface area contributed by atoms with E-state index in [2.05, 4.69) is 30.1 Å². The molecule has 0 amide bonds. The predicted octanol–water partition coefficient (Wildman–Crippen LogP) is 3.44. The van der Waals surface area contributed by atoms with Gasteiger partial charge in [-0.05, 0) is 49.3 Å². The number of thioether (sulfide) groups is 1. The SMILES string of the molecule is CN(CCCl)CCc1ccc2c(c1)CCCS2. The van der Waals surface area contributed by atoms with Crippen LogP contribution in [0.5, 0.6) is 0 Å². The molecular formula is C14H20ClNS. The number of hydrogen-bond acceptors (Lipinski definition) is 2. The number of nitrogens with zero attached hydrogens (tertiary/aromatic N) is 1. The molecule has 1 nitrogen and oxygen atoms in total. The summed E-state index contributed by atoms with van der Waals surface area (Å²) in [6.07, 6.45) is 3.71. The molecule has 1 heterocycles. The first-order valence-electron chi connectivity index (χ1n) is 6.28. The summed E-state index contributed by atoms with van der Waals surface area (Å²) < 4.78 is 0. The largest absolute Gasteiger partial charge is 0.305 e. The van der Waals surface area contributed by atoms with Gasteiger partial charge in [0.15, 0.2) is 0 Å². The second-order valence-electron chi connectivity index (χ2n) is 4.64. The zero-order valence-electron chi connectivity index (χ0n) is 10.4. The van der Waals surface area contributed by atoms with Crippen LogP contribution >= 0.6 is 23.4 Å². The van der Waals surface area contributed by atoms with Gasteiger partial charge in [0.25, 0.3) is 0 Å². The quantitative estimate of drug-likeness (QED) is 0.754. The van der Waals surface area contributed by atoms with Crippen molar-refractivity contribution in [2.45, 2.75) is 24.2 Å². The third kappa shape index (κ3) is 3.90. The van der Waals surface area contributed by atoms with E-state index in [1.807, 2.05) is 11.8 Å². The number of halogens is 1. The van der Waals surface area contributed by atoms with Gasteiger partial charge in [-0.1, -0.05) is 12.1 Å². The summed E-state index contributed by atoms with van der Waals surface area (Å²) in [6, 6.07) is 6.98. The van der Waals surface area contributed by atoms with Crippen LogP contribution < -0.4 is 0 Å². The van der Waals surface area contributed by atoms with Crippen molar-refractivity contribution in [3.63, 3.8) is 0 Å². The Bertz CT molecular complexity index is 367. The molecule has 1 aromatic carbocycles. The molecule has 1 aliphatic heterocycles. The number of rotatable bonds is 5. The van der Waals surface area contributed by atoms with Crippen molar-refractivity contribution in [2.75, 3.05) is 31.8 Å². The summed E-state index contributed by atoms with van der Waals surface area (Å²) in [5, 5.41) is 0. The highest BCUT2D eigenvalue weighted by molar-refractivity contribution is 7.99. The summed E-state index contributed by atoms with van der Waals surface area (Å²) in [5.41, 5.74) is 3.02. The Morgan fingerprint density at radius 3 is 3.06 bits per heavy atom. The number of fused-ring (bicyclic) bond motifs is 1. The molecule has 0 unspecified atom stereocenters. The van der Waals surface area contributed by atoms with Crippen molar-refractivity contribution in [1.29, 1.82) is 0 Å². The summed E-state index contributed by atoms with van der Waals surface area (Å²) >= 11 is 7.73. The maximum Gasteiger partial charge on any atom is 0.0351 e. The lowest BCUT2D eigenvalue weighted by Gasteiger charge is -2.18. The molecule has 0 bridgehead atoms. The van der Waals surface area contributed by atoms with Gasteiger partial charge in [-0.25, -0.2) is 0 Å². The molecule has 1 aliphatic rings. The molecule has 17 heavy (non-hydrogen) atoms. The van der Waals surface area contributed by atoms with Gasteiger partial charge in [0.1, 0.15) is 0 Å². The zero-order chi connectivity index (χ0) is 12.1. The van der Waals surface area contributed by atoms with E-state index in [4.69, 9.17) is 11.6 Å². The first-order chi connectivity index (χ1) is 8.29. The number of likely N-dealkylation sites (N-methyl/N-ethyl adjacent to an activating group) is 1. The molecule has 0 fully saturated rings. The first-order valence-corrected chi connectivity index (χ1v) is 7.80. The van der Waals surface area contributed by atoms with Gasteiger partial charge >= 0.3 is 0 Å². The highest BCUT2D eigenvalue weighted by Gasteiger charge is 2.10. The molecule has 0 aromatic heterocycles. The molecule has 0 saturated heterocycles. The van der Waals surface area contributed by atoms with Crippen LogP contribution in [0.25, 0.3) is 0 Å². The first kappa shape index (κ1) is 13.3. The minimum Gasteiger partial charge on any atom is -0.305 e. The normalized spacial score (nSPS) is 15.0. The van der Waals surface area contributed by atoms with Crippen molar-refractivity contribution in [1.82, 2.24) is 4.90 Å². The molecule has 3 heteroatoms. The van der Waals surface area contributed by atoms with E-state index in [-0.39, 0.29) is 0 Å². The number of alkyl halides is 1. The van der Waals surface area contributed by atoms with E-state index >= 15 is 0 Å². The molecule has 1 aromatic rings. The summed E-state index contributed by atoms with van der Waals surface area (Å²) in [5.74, 6) is 2.00. The fourth-order valence-electron chi connectivity index (χ4n) is 2.15. The van der Waals surface area contributed by atoms with Gasteiger partial charge in [-0.15, -0.1) is 23.4 Å². The highest BCUT2D eigenvalue weighted by Crippen LogP contribution is 2.30. The van der Waals surface area contributed by atoms with E-state index in [0.29, 0.717) is 0 Å². The Kier molecular flexibility index (Phi) is 5.20. The fourth-order valence-corrected chi connectivity index (χ4v) is 3.45. The molecule has 0 saturated carbocycles. The lowest BCUT2D eigenvalue weighted by molar-refractivity contribution is 0.359. The molecule has 0 spiro atoms. The van der Waals surface area contributed by atoms with Crippen molar-refractivity contribution in [3.8, 4) is 0 Å². The second-order valence-corrected chi connectivity index (χ2v) is 6.15. The van der Waals surface area contributed by atoms with Gasteiger partial charge in [-0.3, -0.25) is 0 Å². The van der Waals surface area contributed by atoms with Crippen LogP contribution in [0.1, 0.15) is 17.5 Å². The topological polar surface area (TPSA) is 3.24 Å². The van der Waals surface area contributed by atoms with E-state index in [0.717, 1.165) is 25.4 Å². The lowest BCUT2D eigenvalue weighted by Crippen LogP contribution is -2.23. The Morgan fingerprint density at radius 1 is 1.35 bits per heavy atom. The van der Waals surface area contributed by atoms with Crippen LogP contribution in [-0.2, 0) is 12.8 Å². The van der Waals surface area contributed by atoms with Crippen molar-refractivity contribution >= 4 is 23.4 Å². The van der Waals surface area contributed by atoms with E-state index < -0.39 is 0 Å². The summed E-state index contributed by atoms with van der Waals surface area (Å²) in [4.78, 5) is 3.79. The Hall–Kier alpha value is -0.180. The molecule has 0 atom stereocenters. The minimum atomic E-state index is 0.720. The van der Waals surface area contributed by atoms with Gasteiger partial charge in [0, 0.05) is 23.9 Å². The zero-order valence-corrected chi connectivity index (χ0v) is 12.0. The Labute approximate surface area is 114 Å². The molecule has 0 N–H and O–H groups in total. The second kappa shape index (κ2) is 6.67. The molecule has 0 radical (unpaired) electrons. The van der Waals surface area contributed by atoms with Crippen molar-refractivity contribution in [2.24, 2.45) is 0 Å². The number of hydrogen-bond donors (Lipinski definition) is 0. The van der Waals surface area contributed by atoms with Gasteiger partial charge in [-0.2, -0.15) is 0 Å². The van der Waals surface area contributed by atoms with Gasteiger partial charge in [0.2, 0.25) is 0 Å². The van der Waals surface area contributed by atoms with Crippen LogP contribution in [0, 0.1) is 0 Å². The van der Waals surface area contributed by atoms with E-state index in [1.54, 1.807) is 5.56 Å². The predicted molar refractivity (Wildman–Crippen MR) is 77.4 cm³/mol. The van der Waals surface area contributed by atoms with Gasteiger partial charge in [0.05, 0.1) is 0 Å². The van der Waals surface area contributed by atoms with Crippen LogP contribution in [0.4, 0.5) is 0 Å². The fraction of sp³-hybridized carbons (Fsp3) is 0.571. The van der Waals surface area contributed by atoms with Gasteiger partial charge < -0.3 is 4.90 Å². The maximum atomic E-state index is 5.73. The third-order valence-electron chi connectivity index (χ3n) is 3.22. The summed E-state index contributed by atoms with van der Waals surface area (Å²) in [7, 11) is 2.14. The smallest absolute Gasteiger partial charge is 0.0351 e. The minimum absolute atomic E-state index is 0.720. The maximum absolute atomic E-state index is 5.73. The summed E-state index contributed by atoms with van der Waals surface area (Å²) in [6.45, 7) is 2.07. The number of aryl methyl sites for hydroxylation is 1. The standard InChI is InChI=1S/C14H20ClNS/c1-16(9-7-15)8-6-12-4-5-14-13(11-12)3-2-10-17-14/h4-5,11H,2-3,6-10H2,1H3. The van der Waals surface area contributed by atoms with Crippen molar-refractivity contribution in [3.05, 3.63) is 29.3 Å². The van der Waals surface area contributed by atoms with E-state index in [1.165, 1.54) is 29.1 Å². The Balaban J connectivity index is 1.93.